The van der Waals surface area contributed by atoms with Crippen molar-refractivity contribution in [2.45, 2.75) is 6.92 Å². The molecule has 22 heavy (non-hydrogen) atoms. The Kier molecular flexibility index (Phi) is 3.21. The van der Waals surface area contributed by atoms with Crippen LogP contribution in [0.2, 0.25) is 0 Å². The third-order valence-electron chi connectivity index (χ3n) is 3.44. The topological polar surface area (TPSA) is 98.7 Å². The van der Waals surface area contributed by atoms with Gasteiger partial charge in [-0.05, 0) is 37.3 Å². The van der Waals surface area contributed by atoms with Crippen molar-refractivity contribution in [3.05, 3.63) is 47.5 Å². The standard InChI is InChI=1S/C16H15N3O3/c1-2-22-14-8-10(18)4-6-13(14)19-15(20)11-5-3-9(17)7-12(11)16(19)21/h3-8H,2,17-18H2,1H3. The molecule has 1 aliphatic rings. The Morgan fingerprint density at radius 3 is 2.32 bits per heavy atom. The molecule has 1 heterocycles. The number of fused-ring (bicyclic) bond motifs is 1. The Balaban J connectivity index is 2.11. The lowest BCUT2D eigenvalue weighted by atomic mass is 10.1. The van der Waals surface area contributed by atoms with Gasteiger partial charge in [-0.1, -0.05) is 0 Å². The number of hydrogen-bond donors (Lipinski definition) is 2. The number of ether oxygens (including phenoxy) is 1. The monoisotopic (exact) mass is 297 g/mol. The lowest BCUT2D eigenvalue weighted by Gasteiger charge is -2.18. The minimum atomic E-state index is -0.418. The molecule has 6 nitrogen and oxygen atoms in total. The molecule has 0 spiro atoms. The third-order valence-corrected chi connectivity index (χ3v) is 3.44. The van der Waals surface area contributed by atoms with E-state index >= 15 is 0 Å². The summed E-state index contributed by atoms with van der Waals surface area (Å²) in [6.07, 6.45) is 0. The van der Waals surface area contributed by atoms with Gasteiger partial charge in [-0.2, -0.15) is 0 Å². The number of nitrogens with two attached hydrogens (primary N) is 2. The largest absolute Gasteiger partial charge is 0.492 e. The van der Waals surface area contributed by atoms with Crippen LogP contribution in [0.3, 0.4) is 0 Å². The molecule has 4 N–H and O–H groups in total. The maximum absolute atomic E-state index is 12.6. The van der Waals surface area contributed by atoms with Gasteiger partial charge in [0.1, 0.15) is 5.75 Å². The van der Waals surface area contributed by atoms with Crippen molar-refractivity contribution in [2.24, 2.45) is 0 Å². The molecule has 2 aromatic rings. The van der Waals surface area contributed by atoms with Crippen LogP contribution in [-0.2, 0) is 0 Å². The summed E-state index contributed by atoms with van der Waals surface area (Å²) >= 11 is 0. The fourth-order valence-corrected chi connectivity index (χ4v) is 2.46. The van der Waals surface area contributed by atoms with E-state index in [1.807, 2.05) is 6.92 Å². The second kappa shape index (κ2) is 5.07. The summed E-state index contributed by atoms with van der Waals surface area (Å²) in [4.78, 5) is 26.2. The van der Waals surface area contributed by atoms with Crippen molar-refractivity contribution < 1.29 is 14.3 Å². The number of rotatable bonds is 3. The van der Waals surface area contributed by atoms with E-state index in [0.29, 0.717) is 40.5 Å². The predicted molar refractivity (Wildman–Crippen MR) is 84.0 cm³/mol. The van der Waals surface area contributed by atoms with E-state index in [1.165, 1.54) is 6.07 Å². The highest BCUT2D eigenvalue weighted by molar-refractivity contribution is 6.35. The Morgan fingerprint density at radius 1 is 0.955 bits per heavy atom. The molecule has 2 aromatic carbocycles. The van der Waals surface area contributed by atoms with Gasteiger partial charge in [0, 0.05) is 17.4 Å². The van der Waals surface area contributed by atoms with Gasteiger partial charge in [-0.15, -0.1) is 0 Å². The first kappa shape index (κ1) is 13.9. The van der Waals surface area contributed by atoms with Crippen LogP contribution in [-0.4, -0.2) is 18.4 Å². The molecule has 0 atom stereocenters. The molecular formula is C16H15N3O3. The highest BCUT2D eigenvalue weighted by atomic mass is 16.5. The van der Waals surface area contributed by atoms with E-state index in [0.717, 1.165) is 4.90 Å². The molecule has 3 rings (SSSR count). The number of nitrogens with zero attached hydrogens (tertiary/aromatic N) is 1. The van der Waals surface area contributed by atoms with E-state index in [4.69, 9.17) is 16.2 Å². The van der Waals surface area contributed by atoms with Crippen LogP contribution >= 0.6 is 0 Å². The summed E-state index contributed by atoms with van der Waals surface area (Å²) in [6.45, 7) is 2.21. The van der Waals surface area contributed by atoms with Gasteiger partial charge in [0.25, 0.3) is 11.8 Å². The van der Waals surface area contributed by atoms with E-state index in [-0.39, 0.29) is 0 Å². The van der Waals surface area contributed by atoms with Crippen molar-refractivity contribution in [3.8, 4) is 5.75 Å². The molecule has 0 fully saturated rings. The number of benzene rings is 2. The van der Waals surface area contributed by atoms with Gasteiger partial charge < -0.3 is 16.2 Å². The molecule has 0 unspecified atom stereocenters. The quantitative estimate of drug-likeness (QED) is 0.667. The van der Waals surface area contributed by atoms with E-state index in [2.05, 4.69) is 0 Å². The fraction of sp³-hybridized carbons (Fsp3) is 0.125. The number of imide groups is 1. The maximum atomic E-state index is 12.6. The Bertz CT molecular complexity index is 786. The summed E-state index contributed by atoms with van der Waals surface area (Å²) in [6, 6.07) is 9.48. The summed E-state index contributed by atoms with van der Waals surface area (Å²) in [5.74, 6) is -0.422. The number of nitrogen functional groups attached to an aromatic ring is 2. The van der Waals surface area contributed by atoms with Crippen molar-refractivity contribution in [3.63, 3.8) is 0 Å². The zero-order valence-corrected chi connectivity index (χ0v) is 12.0. The van der Waals surface area contributed by atoms with Crippen molar-refractivity contribution in [1.82, 2.24) is 0 Å². The van der Waals surface area contributed by atoms with Gasteiger partial charge in [-0.25, -0.2) is 4.90 Å². The average molecular weight is 297 g/mol. The molecule has 0 bridgehead atoms. The zero-order valence-electron chi connectivity index (χ0n) is 12.0. The average Bonchev–Trinajstić information content (AvgIpc) is 2.72. The van der Waals surface area contributed by atoms with Crippen LogP contribution in [0.15, 0.2) is 36.4 Å². The normalized spacial score (nSPS) is 13.4. The molecule has 0 aromatic heterocycles. The molecule has 1 aliphatic heterocycles. The first-order chi connectivity index (χ1) is 10.5. The molecule has 6 heteroatoms. The van der Waals surface area contributed by atoms with Crippen molar-refractivity contribution in [1.29, 1.82) is 0 Å². The molecule has 0 saturated carbocycles. The zero-order chi connectivity index (χ0) is 15.9. The van der Waals surface area contributed by atoms with Crippen LogP contribution in [0, 0.1) is 0 Å². The molecule has 0 saturated heterocycles. The number of carbonyl (C=O) groups is 2. The number of amides is 2. The molecule has 0 aliphatic carbocycles. The molecule has 112 valence electrons. The summed E-state index contributed by atoms with van der Waals surface area (Å²) in [5.41, 5.74) is 13.4. The molecule has 2 amide bonds. The first-order valence-corrected chi connectivity index (χ1v) is 6.83. The lowest BCUT2D eigenvalue weighted by molar-refractivity contribution is 0.0925. The Labute approximate surface area is 127 Å². The summed E-state index contributed by atoms with van der Waals surface area (Å²) in [7, 11) is 0. The number of hydrogen-bond acceptors (Lipinski definition) is 5. The highest BCUT2D eigenvalue weighted by Crippen LogP contribution is 2.36. The predicted octanol–water partition coefficient (Wildman–Crippen LogP) is 2.05. The number of carbonyl (C=O) groups excluding carboxylic acids is 2. The molecule has 0 radical (unpaired) electrons. The smallest absolute Gasteiger partial charge is 0.266 e. The van der Waals surface area contributed by atoms with Crippen LogP contribution in [0.1, 0.15) is 27.6 Å². The Morgan fingerprint density at radius 2 is 1.59 bits per heavy atom. The number of anilines is 3. The van der Waals surface area contributed by atoms with Gasteiger partial charge in [0.15, 0.2) is 0 Å². The van der Waals surface area contributed by atoms with Crippen LogP contribution in [0.4, 0.5) is 17.1 Å². The van der Waals surface area contributed by atoms with Crippen molar-refractivity contribution >= 4 is 28.9 Å². The lowest BCUT2D eigenvalue weighted by Crippen LogP contribution is -2.29. The van der Waals surface area contributed by atoms with E-state index < -0.39 is 11.8 Å². The minimum absolute atomic E-state index is 0.296. The summed E-state index contributed by atoms with van der Waals surface area (Å²) in [5, 5.41) is 0. The molecular weight excluding hydrogens is 282 g/mol. The van der Waals surface area contributed by atoms with Crippen molar-refractivity contribution in [2.75, 3.05) is 23.0 Å². The van der Waals surface area contributed by atoms with E-state index in [1.54, 1.807) is 30.3 Å². The second-order valence-corrected chi connectivity index (χ2v) is 4.91. The first-order valence-electron chi connectivity index (χ1n) is 6.83. The fourth-order valence-electron chi connectivity index (χ4n) is 2.46. The SMILES string of the molecule is CCOc1cc(N)ccc1N1C(=O)c2ccc(N)cc2C1=O. The van der Waals surface area contributed by atoms with Gasteiger partial charge in [-0.3, -0.25) is 9.59 Å². The second-order valence-electron chi connectivity index (χ2n) is 4.91. The van der Waals surface area contributed by atoms with Crippen LogP contribution in [0.25, 0.3) is 0 Å². The van der Waals surface area contributed by atoms with Gasteiger partial charge in [0.2, 0.25) is 0 Å². The maximum Gasteiger partial charge on any atom is 0.266 e. The van der Waals surface area contributed by atoms with Crippen LogP contribution < -0.4 is 21.1 Å². The van der Waals surface area contributed by atoms with E-state index in [9.17, 15) is 9.59 Å². The highest BCUT2D eigenvalue weighted by Gasteiger charge is 2.38. The Hall–Kier alpha value is -3.02. The minimum Gasteiger partial charge on any atom is -0.492 e. The van der Waals surface area contributed by atoms with Gasteiger partial charge >= 0.3 is 0 Å². The van der Waals surface area contributed by atoms with Crippen LogP contribution in [0.5, 0.6) is 5.75 Å². The third kappa shape index (κ3) is 2.05. The summed E-state index contributed by atoms with van der Waals surface area (Å²) < 4.78 is 5.50. The van der Waals surface area contributed by atoms with Gasteiger partial charge in [0.05, 0.1) is 23.4 Å².